The molecule has 9 heteroatoms. The first-order valence-electron chi connectivity index (χ1n) is 11.6. The van der Waals surface area contributed by atoms with E-state index in [1.54, 1.807) is 7.05 Å². The van der Waals surface area contributed by atoms with Crippen molar-refractivity contribution < 1.29 is 24.2 Å². The van der Waals surface area contributed by atoms with Crippen molar-refractivity contribution in [3.8, 4) is 11.1 Å². The molecule has 3 aromatic rings. The van der Waals surface area contributed by atoms with Gasteiger partial charge in [0, 0.05) is 31.7 Å². The number of carbonyl (C=O) groups is 3. The number of carbonyl (C=O) groups excluding carboxylic acids is 2. The molecule has 5 rings (SSSR count). The van der Waals surface area contributed by atoms with Gasteiger partial charge in [-0.25, -0.2) is 4.79 Å². The van der Waals surface area contributed by atoms with Gasteiger partial charge < -0.3 is 14.7 Å². The van der Waals surface area contributed by atoms with Gasteiger partial charge in [0.2, 0.25) is 0 Å². The number of aryl methyl sites for hydroxylation is 1. The molecule has 0 aliphatic heterocycles. The van der Waals surface area contributed by atoms with Gasteiger partial charge in [-0.15, -0.1) is 0 Å². The minimum absolute atomic E-state index is 0.00570. The molecule has 0 atom stereocenters. The zero-order valence-electron chi connectivity index (χ0n) is 19.3. The van der Waals surface area contributed by atoms with Crippen LogP contribution >= 0.6 is 0 Å². The Morgan fingerprint density at radius 3 is 2.31 bits per heavy atom. The quantitative estimate of drug-likeness (QED) is 0.513. The molecule has 1 aromatic heterocycles. The molecule has 1 fully saturated rings. The molecular formula is C26H26N4O5. The van der Waals surface area contributed by atoms with Gasteiger partial charge in [-0.3, -0.25) is 19.6 Å². The maximum atomic E-state index is 13.2. The molecule has 2 aliphatic carbocycles. The van der Waals surface area contributed by atoms with Gasteiger partial charge in [-0.05, 0) is 35.1 Å². The van der Waals surface area contributed by atoms with Crippen LogP contribution in [0, 0.1) is 0 Å². The van der Waals surface area contributed by atoms with Crippen LogP contribution in [-0.4, -0.2) is 57.0 Å². The monoisotopic (exact) mass is 474 g/mol. The SMILES string of the molecule is Cn1cc(NC(=O)OCC2c3ccccc3-c3ccccc32)c(C(=O)N(CCC(=O)O)C2CC2)n1. The summed E-state index contributed by atoms with van der Waals surface area (Å²) in [5, 5.41) is 15.9. The summed E-state index contributed by atoms with van der Waals surface area (Å²) in [7, 11) is 1.65. The molecule has 1 saturated carbocycles. The first-order chi connectivity index (χ1) is 16.9. The lowest BCUT2D eigenvalue weighted by Gasteiger charge is -2.21. The molecule has 180 valence electrons. The molecule has 35 heavy (non-hydrogen) atoms. The van der Waals surface area contributed by atoms with Crippen molar-refractivity contribution in [2.24, 2.45) is 7.05 Å². The molecule has 2 amide bonds. The van der Waals surface area contributed by atoms with Gasteiger partial charge in [0.1, 0.15) is 6.61 Å². The molecule has 0 bridgehead atoms. The number of fused-ring (bicyclic) bond motifs is 3. The van der Waals surface area contributed by atoms with Gasteiger partial charge in [0.25, 0.3) is 5.91 Å². The van der Waals surface area contributed by atoms with Gasteiger partial charge in [-0.1, -0.05) is 48.5 Å². The topological polar surface area (TPSA) is 114 Å². The number of anilines is 1. The van der Waals surface area contributed by atoms with E-state index < -0.39 is 18.0 Å². The molecular weight excluding hydrogens is 448 g/mol. The Morgan fingerprint density at radius 2 is 1.71 bits per heavy atom. The van der Waals surface area contributed by atoms with E-state index in [0.29, 0.717) is 0 Å². The summed E-state index contributed by atoms with van der Waals surface area (Å²) in [6.45, 7) is 0.246. The van der Waals surface area contributed by atoms with Crippen LogP contribution in [0.25, 0.3) is 11.1 Å². The second-order valence-corrected chi connectivity index (χ2v) is 8.89. The molecule has 2 N–H and O–H groups in total. The highest BCUT2D eigenvalue weighted by Crippen LogP contribution is 2.44. The number of aliphatic carboxylic acids is 1. The highest BCUT2D eigenvalue weighted by molar-refractivity contribution is 6.01. The third-order valence-corrected chi connectivity index (χ3v) is 6.43. The average molecular weight is 475 g/mol. The number of ether oxygens (including phenoxy) is 1. The second-order valence-electron chi connectivity index (χ2n) is 8.89. The standard InChI is InChI=1S/C26H26N4O5/c1-29-14-22(24(28-29)25(33)30(16-10-11-16)13-12-23(31)32)27-26(34)35-15-21-19-8-4-2-6-17(19)18-7-3-5-9-20(18)21/h2-9,14,16,21H,10-13,15H2,1H3,(H,27,34)(H,31,32). The van der Waals surface area contributed by atoms with Crippen molar-refractivity contribution in [2.75, 3.05) is 18.5 Å². The number of nitrogens with zero attached hydrogens (tertiary/aromatic N) is 3. The molecule has 0 saturated heterocycles. The van der Waals surface area contributed by atoms with Crippen LogP contribution in [0.3, 0.4) is 0 Å². The predicted octanol–water partition coefficient (Wildman–Crippen LogP) is 3.86. The molecule has 2 aromatic carbocycles. The fraction of sp³-hybridized carbons (Fsp3) is 0.308. The van der Waals surface area contributed by atoms with E-state index in [1.165, 1.54) is 15.8 Å². The first-order valence-corrected chi connectivity index (χ1v) is 11.6. The zero-order valence-corrected chi connectivity index (χ0v) is 19.3. The summed E-state index contributed by atoms with van der Waals surface area (Å²) < 4.78 is 7.04. The number of aromatic nitrogens is 2. The van der Waals surface area contributed by atoms with Crippen LogP contribution in [0.1, 0.15) is 46.8 Å². The maximum Gasteiger partial charge on any atom is 0.411 e. The summed E-state index contributed by atoms with van der Waals surface area (Å²) in [5.74, 6) is -1.45. The van der Waals surface area contributed by atoms with Crippen molar-refractivity contribution in [2.45, 2.75) is 31.2 Å². The summed E-state index contributed by atoms with van der Waals surface area (Å²) in [5.41, 5.74) is 4.79. The summed E-state index contributed by atoms with van der Waals surface area (Å²) >= 11 is 0. The number of carboxylic acid groups (broad SMARTS) is 1. The number of carboxylic acids is 1. The minimum Gasteiger partial charge on any atom is -0.481 e. The fourth-order valence-electron chi connectivity index (χ4n) is 4.67. The highest BCUT2D eigenvalue weighted by atomic mass is 16.5. The fourth-order valence-corrected chi connectivity index (χ4v) is 4.67. The van der Waals surface area contributed by atoms with Crippen LogP contribution < -0.4 is 5.32 Å². The lowest BCUT2D eigenvalue weighted by molar-refractivity contribution is -0.137. The van der Waals surface area contributed by atoms with E-state index in [1.807, 2.05) is 36.4 Å². The van der Waals surface area contributed by atoms with Crippen molar-refractivity contribution in [1.29, 1.82) is 0 Å². The first kappa shape index (κ1) is 22.6. The zero-order chi connectivity index (χ0) is 24.5. The van der Waals surface area contributed by atoms with Gasteiger partial charge in [-0.2, -0.15) is 5.10 Å². The van der Waals surface area contributed by atoms with Crippen LogP contribution in [0.2, 0.25) is 0 Å². The summed E-state index contributed by atoms with van der Waals surface area (Å²) in [6, 6.07) is 16.2. The lowest BCUT2D eigenvalue weighted by Crippen LogP contribution is -2.36. The summed E-state index contributed by atoms with van der Waals surface area (Å²) in [4.78, 5) is 38.4. The Hall–Kier alpha value is -4.14. The Bertz CT molecular complexity index is 1250. The normalized spacial score (nSPS) is 14.2. The van der Waals surface area contributed by atoms with Crippen LogP contribution in [0.4, 0.5) is 10.5 Å². The van der Waals surface area contributed by atoms with E-state index in [4.69, 9.17) is 9.84 Å². The number of nitrogens with one attached hydrogen (secondary N) is 1. The number of rotatable bonds is 8. The molecule has 0 spiro atoms. The Balaban J connectivity index is 1.28. The van der Waals surface area contributed by atoms with Gasteiger partial charge >= 0.3 is 12.1 Å². The second kappa shape index (κ2) is 9.25. The lowest BCUT2D eigenvalue weighted by atomic mass is 9.98. The number of amides is 2. The Labute approximate surface area is 202 Å². The predicted molar refractivity (Wildman–Crippen MR) is 128 cm³/mol. The molecule has 0 unspecified atom stereocenters. The van der Waals surface area contributed by atoms with Crippen LogP contribution in [0.5, 0.6) is 0 Å². The molecule has 2 aliphatic rings. The Morgan fingerprint density at radius 1 is 1.09 bits per heavy atom. The average Bonchev–Trinajstić information content (AvgIpc) is 3.54. The molecule has 0 radical (unpaired) electrons. The molecule has 9 nitrogen and oxygen atoms in total. The largest absolute Gasteiger partial charge is 0.481 e. The van der Waals surface area contributed by atoms with E-state index in [2.05, 4.69) is 22.5 Å². The van der Waals surface area contributed by atoms with Crippen molar-refractivity contribution in [1.82, 2.24) is 14.7 Å². The van der Waals surface area contributed by atoms with Crippen molar-refractivity contribution in [3.63, 3.8) is 0 Å². The number of hydrogen-bond donors (Lipinski definition) is 2. The smallest absolute Gasteiger partial charge is 0.411 e. The minimum atomic E-state index is -0.971. The van der Waals surface area contributed by atoms with Crippen molar-refractivity contribution in [3.05, 3.63) is 71.5 Å². The van der Waals surface area contributed by atoms with Crippen LogP contribution in [-0.2, 0) is 16.6 Å². The Kier molecular flexibility index (Phi) is 5.98. The third-order valence-electron chi connectivity index (χ3n) is 6.43. The number of benzene rings is 2. The number of hydrogen-bond acceptors (Lipinski definition) is 5. The van der Waals surface area contributed by atoms with Gasteiger partial charge in [0.05, 0.1) is 12.1 Å². The van der Waals surface area contributed by atoms with Crippen LogP contribution in [0.15, 0.2) is 54.7 Å². The summed E-state index contributed by atoms with van der Waals surface area (Å²) in [6.07, 6.45) is 2.36. The van der Waals surface area contributed by atoms with E-state index in [-0.39, 0.29) is 42.9 Å². The molecule has 1 heterocycles. The van der Waals surface area contributed by atoms with E-state index in [9.17, 15) is 14.4 Å². The van der Waals surface area contributed by atoms with E-state index >= 15 is 0 Å². The van der Waals surface area contributed by atoms with E-state index in [0.717, 1.165) is 35.1 Å². The maximum absolute atomic E-state index is 13.2. The van der Waals surface area contributed by atoms with Crippen molar-refractivity contribution >= 4 is 23.7 Å². The highest BCUT2D eigenvalue weighted by Gasteiger charge is 2.35. The van der Waals surface area contributed by atoms with Gasteiger partial charge in [0.15, 0.2) is 5.69 Å². The third kappa shape index (κ3) is 4.62.